The van der Waals surface area contributed by atoms with Gasteiger partial charge in [-0.25, -0.2) is 0 Å². The Kier molecular flexibility index (Phi) is 2.33. The van der Waals surface area contributed by atoms with Gasteiger partial charge in [0.1, 0.15) is 0 Å². The second-order valence-corrected chi connectivity index (χ2v) is 5.63. The highest BCUT2D eigenvalue weighted by molar-refractivity contribution is 6.06. The Hall–Kier alpha value is -2.10. The van der Waals surface area contributed by atoms with Gasteiger partial charge in [0.25, 0.3) is 0 Å². The van der Waals surface area contributed by atoms with E-state index in [1.165, 1.54) is 0 Å². The Labute approximate surface area is 112 Å². The van der Waals surface area contributed by atoms with Crippen molar-refractivity contribution in [2.24, 2.45) is 7.05 Å². The first-order chi connectivity index (χ1) is 8.89. The zero-order valence-electron chi connectivity index (χ0n) is 11.6. The Balaban J connectivity index is 2.12. The maximum Gasteiger partial charge on any atom is 0.234 e. The van der Waals surface area contributed by atoms with Crippen LogP contribution in [0.2, 0.25) is 0 Å². The fourth-order valence-electron chi connectivity index (χ4n) is 2.63. The average molecular weight is 255 g/mol. The van der Waals surface area contributed by atoms with Crippen molar-refractivity contribution in [3.05, 3.63) is 35.5 Å². The molecule has 2 aromatic rings. The van der Waals surface area contributed by atoms with Crippen LogP contribution in [0.15, 0.2) is 24.3 Å². The van der Waals surface area contributed by atoms with Crippen LogP contribution < -0.4 is 5.32 Å². The highest BCUT2D eigenvalue weighted by atomic mass is 16.2. The summed E-state index contributed by atoms with van der Waals surface area (Å²) in [6.45, 7) is 5.87. The van der Waals surface area contributed by atoms with Gasteiger partial charge in [0.05, 0.1) is 16.8 Å². The van der Waals surface area contributed by atoms with E-state index in [9.17, 15) is 4.79 Å². The molecule has 0 saturated heterocycles. The summed E-state index contributed by atoms with van der Waals surface area (Å²) >= 11 is 0. The van der Waals surface area contributed by atoms with Crippen molar-refractivity contribution in [1.29, 1.82) is 0 Å². The molecule has 0 atom stereocenters. The molecular formula is C15H17N3O. The number of aryl methyl sites for hydroxylation is 2. The summed E-state index contributed by atoms with van der Waals surface area (Å²) in [6.07, 6.45) is 0. The minimum absolute atomic E-state index is 0.0563. The molecule has 1 amide bonds. The Morgan fingerprint density at radius 2 is 2.00 bits per heavy atom. The van der Waals surface area contributed by atoms with Gasteiger partial charge >= 0.3 is 0 Å². The molecule has 1 aliphatic heterocycles. The third-order valence-electron chi connectivity index (χ3n) is 3.81. The number of rotatable bonds is 1. The lowest BCUT2D eigenvalue weighted by atomic mass is 9.86. The zero-order valence-corrected chi connectivity index (χ0v) is 11.6. The summed E-state index contributed by atoms with van der Waals surface area (Å²) in [6, 6.07) is 8.16. The van der Waals surface area contributed by atoms with Crippen LogP contribution in [0.4, 0.5) is 5.69 Å². The van der Waals surface area contributed by atoms with E-state index in [2.05, 4.69) is 16.5 Å². The van der Waals surface area contributed by atoms with Crippen LogP contribution in [0, 0.1) is 6.92 Å². The molecule has 4 nitrogen and oxygen atoms in total. The third kappa shape index (κ3) is 1.67. The number of hydrogen-bond donors (Lipinski definition) is 1. The van der Waals surface area contributed by atoms with Gasteiger partial charge in [0, 0.05) is 18.3 Å². The van der Waals surface area contributed by atoms with E-state index in [-0.39, 0.29) is 5.91 Å². The van der Waals surface area contributed by atoms with Crippen LogP contribution in [-0.4, -0.2) is 15.7 Å². The largest absolute Gasteiger partial charge is 0.325 e. The predicted octanol–water partition coefficient (Wildman–Crippen LogP) is 2.63. The van der Waals surface area contributed by atoms with E-state index < -0.39 is 5.41 Å². The molecule has 0 unspecified atom stereocenters. The SMILES string of the molecule is Cc1cc(-c2ccc3c(c2)NC(=O)C3(C)C)n(C)n1. The number of fused-ring (bicyclic) bond motifs is 1. The number of carbonyl (C=O) groups is 1. The highest BCUT2D eigenvalue weighted by Crippen LogP contribution is 2.39. The summed E-state index contributed by atoms with van der Waals surface area (Å²) in [4.78, 5) is 11.9. The van der Waals surface area contributed by atoms with Crippen molar-refractivity contribution in [2.45, 2.75) is 26.2 Å². The van der Waals surface area contributed by atoms with Crippen LogP contribution >= 0.6 is 0 Å². The molecular weight excluding hydrogens is 238 g/mol. The lowest BCUT2D eigenvalue weighted by Crippen LogP contribution is -2.26. The molecule has 3 rings (SSSR count). The molecule has 0 radical (unpaired) electrons. The number of anilines is 1. The first kappa shape index (κ1) is 12.0. The van der Waals surface area contributed by atoms with Crippen LogP contribution in [0.5, 0.6) is 0 Å². The molecule has 0 spiro atoms. The first-order valence-electron chi connectivity index (χ1n) is 6.36. The number of aromatic nitrogens is 2. The molecule has 4 heteroatoms. The molecule has 0 fully saturated rings. The van der Waals surface area contributed by atoms with Gasteiger partial charge in [-0.1, -0.05) is 12.1 Å². The smallest absolute Gasteiger partial charge is 0.234 e. The van der Waals surface area contributed by atoms with E-state index in [1.54, 1.807) is 0 Å². The predicted molar refractivity (Wildman–Crippen MR) is 75.0 cm³/mol. The van der Waals surface area contributed by atoms with Crippen molar-refractivity contribution in [1.82, 2.24) is 9.78 Å². The van der Waals surface area contributed by atoms with E-state index in [0.29, 0.717) is 0 Å². The van der Waals surface area contributed by atoms with Crippen LogP contribution in [-0.2, 0) is 17.3 Å². The quantitative estimate of drug-likeness (QED) is 0.851. The van der Waals surface area contributed by atoms with Gasteiger partial charge in [-0.3, -0.25) is 9.48 Å². The summed E-state index contributed by atoms with van der Waals surface area (Å²) in [5.41, 5.74) is 4.63. The molecule has 1 aromatic carbocycles. The summed E-state index contributed by atoms with van der Waals surface area (Å²) in [7, 11) is 1.93. The summed E-state index contributed by atoms with van der Waals surface area (Å²) < 4.78 is 1.86. The highest BCUT2D eigenvalue weighted by Gasteiger charge is 2.38. The number of nitrogens with zero attached hydrogens (tertiary/aromatic N) is 2. The van der Waals surface area contributed by atoms with Gasteiger partial charge in [-0.15, -0.1) is 0 Å². The van der Waals surface area contributed by atoms with Crippen molar-refractivity contribution in [3.8, 4) is 11.3 Å². The third-order valence-corrected chi connectivity index (χ3v) is 3.81. The fraction of sp³-hybridized carbons (Fsp3) is 0.333. The lowest BCUT2D eigenvalue weighted by Gasteiger charge is -2.15. The number of carbonyl (C=O) groups excluding carboxylic acids is 1. The van der Waals surface area contributed by atoms with Crippen LogP contribution in [0.3, 0.4) is 0 Å². The van der Waals surface area contributed by atoms with Crippen molar-refractivity contribution in [2.75, 3.05) is 5.32 Å². The molecule has 1 N–H and O–H groups in total. The second kappa shape index (κ2) is 3.70. The van der Waals surface area contributed by atoms with Crippen molar-refractivity contribution in [3.63, 3.8) is 0 Å². The van der Waals surface area contributed by atoms with Gasteiger partial charge < -0.3 is 5.32 Å². The van der Waals surface area contributed by atoms with E-state index in [4.69, 9.17) is 0 Å². The number of benzene rings is 1. The molecule has 2 heterocycles. The van der Waals surface area contributed by atoms with E-state index in [0.717, 1.165) is 28.2 Å². The molecule has 0 bridgehead atoms. The zero-order chi connectivity index (χ0) is 13.8. The topological polar surface area (TPSA) is 46.9 Å². The van der Waals surface area contributed by atoms with Gasteiger partial charge in [0.2, 0.25) is 5.91 Å². The molecule has 19 heavy (non-hydrogen) atoms. The number of nitrogens with one attached hydrogen (secondary N) is 1. The minimum Gasteiger partial charge on any atom is -0.325 e. The van der Waals surface area contributed by atoms with Crippen molar-refractivity contribution < 1.29 is 4.79 Å². The normalized spacial score (nSPS) is 16.3. The standard InChI is InChI=1S/C15H17N3O/c1-9-7-13(18(4)17-9)10-5-6-11-12(8-10)16-14(19)15(11,2)3/h5-8H,1-4H3,(H,16,19). The Morgan fingerprint density at radius 1 is 1.26 bits per heavy atom. The van der Waals surface area contributed by atoms with Crippen molar-refractivity contribution >= 4 is 11.6 Å². The Morgan fingerprint density at radius 3 is 2.63 bits per heavy atom. The average Bonchev–Trinajstić information content (AvgIpc) is 2.77. The number of amides is 1. The first-order valence-corrected chi connectivity index (χ1v) is 6.36. The maximum atomic E-state index is 11.9. The van der Waals surface area contributed by atoms with Gasteiger partial charge in [-0.2, -0.15) is 5.10 Å². The summed E-state index contributed by atoms with van der Waals surface area (Å²) in [5, 5.41) is 7.31. The lowest BCUT2D eigenvalue weighted by molar-refractivity contribution is -0.119. The summed E-state index contributed by atoms with van der Waals surface area (Å²) in [5.74, 6) is 0.0563. The van der Waals surface area contributed by atoms with E-state index in [1.807, 2.05) is 50.7 Å². The minimum atomic E-state index is -0.448. The molecule has 1 aromatic heterocycles. The second-order valence-electron chi connectivity index (χ2n) is 5.63. The monoisotopic (exact) mass is 255 g/mol. The van der Waals surface area contributed by atoms with Crippen LogP contribution in [0.25, 0.3) is 11.3 Å². The molecule has 1 aliphatic rings. The number of hydrogen-bond acceptors (Lipinski definition) is 2. The van der Waals surface area contributed by atoms with Crippen LogP contribution in [0.1, 0.15) is 25.1 Å². The van der Waals surface area contributed by atoms with Gasteiger partial charge in [0.15, 0.2) is 0 Å². The molecule has 0 aliphatic carbocycles. The maximum absolute atomic E-state index is 11.9. The fourth-order valence-corrected chi connectivity index (χ4v) is 2.63. The van der Waals surface area contributed by atoms with E-state index >= 15 is 0 Å². The molecule has 0 saturated carbocycles. The Bertz CT molecular complexity index is 683. The van der Waals surface area contributed by atoms with Gasteiger partial charge in [-0.05, 0) is 38.5 Å². The molecule has 98 valence electrons.